The average molecular weight is 305 g/mol. The van der Waals surface area contributed by atoms with Gasteiger partial charge in [0.25, 0.3) is 0 Å². The standard InChI is InChI=1S/C11H17BrN2OS/c1-5-15-6-7-13-9(11(2,3)4)8(12)10(16)14-7/h5-6H2,1-4H3,(H,13,14,16). The zero-order valence-electron chi connectivity index (χ0n) is 10.1. The van der Waals surface area contributed by atoms with Crippen LogP contribution < -0.4 is 0 Å². The quantitative estimate of drug-likeness (QED) is 0.865. The number of hydrogen-bond donors (Lipinski definition) is 1. The summed E-state index contributed by atoms with van der Waals surface area (Å²) in [6.45, 7) is 9.48. The van der Waals surface area contributed by atoms with Crippen molar-refractivity contribution in [3.05, 3.63) is 20.6 Å². The molecule has 1 heterocycles. The van der Waals surface area contributed by atoms with Crippen LogP contribution in [0.1, 0.15) is 39.2 Å². The largest absolute Gasteiger partial charge is 0.374 e. The second-order valence-electron chi connectivity index (χ2n) is 4.56. The van der Waals surface area contributed by atoms with E-state index in [2.05, 4.69) is 46.7 Å². The van der Waals surface area contributed by atoms with Crippen LogP contribution in [0.15, 0.2) is 4.47 Å². The molecule has 0 atom stereocenters. The first-order valence-corrected chi connectivity index (χ1v) is 6.43. The Labute approximate surface area is 110 Å². The minimum atomic E-state index is -0.00367. The highest BCUT2D eigenvalue weighted by atomic mass is 79.9. The summed E-state index contributed by atoms with van der Waals surface area (Å²) in [5.74, 6) is 0.778. The number of rotatable bonds is 3. The normalized spacial score (nSPS) is 11.8. The minimum Gasteiger partial charge on any atom is -0.374 e. The molecule has 0 aliphatic carbocycles. The van der Waals surface area contributed by atoms with Gasteiger partial charge in [-0.2, -0.15) is 0 Å². The van der Waals surface area contributed by atoms with Crippen LogP contribution in [0, 0.1) is 4.64 Å². The molecule has 0 saturated heterocycles. The highest BCUT2D eigenvalue weighted by molar-refractivity contribution is 9.10. The second-order valence-corrected chi connectivity index (χ2v) is 5.74. The van der Waals surface area contributed by atoms with Gasteiger partial charge in [-0.05, 0) is 22.9 Å². The van der Waals surface area contributed by atoms with Crippen LogP contribution in [-0.4, -0.2) is 16.6 Å². The van der Waals surface area contributed by atoms with E-state index in [1.165, 1.54) is 0 Å². The number of halogens is 1. The molecular weight excluding hydrogens is 288 g/mol. The summed E-state index contributed by atoms with van der Waals surface area (Å²) >= 11 is 8.69. The number of hydrogen-bond acceptors (Lipinski definition) is 3. The maximum Gasteiger partial charge on any atom is 0.144 e. The lowest BCUT2D eigenvalue weighted by Gasteiger charge is -2.21. The summed E-state index contributed by atoms with van der Waals surface area (Å²) in [4.78, 5) is 7.55. The molecule has 1 rings (SSSR count). The first-order chi connectivity index (χ1) is 7.36. The summed E-state index contributed by atoms with van der Waals surface area (Å²) < 4.78 is 6.78. The van der Waals surface area contributed by atoms with Crippen molar-refractivity contribution in [3.8, 4) is 0 Å². The van der Waals surface area contributed by atoms with Crippen molar-refractivity contribution in [1.29, 1.82) is 0 Å². The van der Waals surface area contributed by atoms with E-state index in [0.717, 1.165) is 16.0 Å². The van der Waals surface area contributed by atoms with E-state index in [4.69, 9.17) is 17.0 Å². The number of aromatic amines is 1. The zero-order chi connectivity index (χ0) is 12.3. The predicted octanol–water partition coefficient (Wildman–Crippen LogP) is 3.74. The molecule has 0 aromatic carbocycles. The molecule has 1 N–H and O–H groups in total. The molecule has 90 valence electrons. The van der Waals surface area contributed by atoms with Crippen LogP contribution >= 0.6 is 28.1 Å². The van der Waals surface area contributed by atoms with E-state index in [9.17, 15) is 0 Å². The molecule has 0 fully saturated rings. The molecule has 3 nitrogen and oxygen atoms in total. The third-order valence-electron chi connectivity index (χ3n) is 2.11. The van der Waals surface area contributed by atoms with Gasteiger partial charge in [0.1, 0.15) is 17.1 Å². The number of ether oxygens (including phenoxy) is 1. The number of nitrogens with zero attached hydrogens (tertiary/aromatic N) is 1. The smallest absolute Gasteiger partial charge is 0.144 e. The van der Waals surface area contributed by atoms with E-state index in [0.29, 0.717) is 17.9 Å². The van der Waals surface area contributed by atoms with Crippen molar-refractivity contribution < 1.29 is 4.74 Å². The summed E-state index contributed by atoms with van der Waals surface area (Å²) in [5.41, 5.74) is 1.05. The lowest BCUT2D eigenvalue weighted by atomic mass is 9.92. The van der Waals surface area contributed by atoms with Crippen LogP contribution in [0.3, 0.4) is 0 Å². The van der Waals surface area contributed by atoms with Crippen molar-refractivity contribution in [3.63, 3.8) is 0 Å². The molecule has 1 aromatic rings. The Balaban J connectivity index is 3.18. The molecule has 0 unspecified atom stereocenters. The van der Waals surface area contributed by atoms with Gasteiger partial charge in [0.15, 0.2) is 0 Å². The van der Waals surface area contributed by atoms with Gasteiger partial charge in [0.05, 0.1) is 4.47 Å². The maximum absolute atomic E-state index is 5.33. The van der Waals surface area contributed by atoms with E-state index in [1.807, 2.05) is 6.92 Å². The SMILES string of the molecule is CCOCc1nc(=S)c(Br)c(C(C)(C)C)[nH]1. The van der Waals surface area contributed by atoms with Crippen LogP contribution in [0.2, 0.25) is 0 Å². The number of nitrogens with one attached hydrogen (secondary N) is 1. The molecule has 0 radical (unpaired) electrons. The Morgan fingerprint density at radius 1 is 1.44 bits per heavy atom. The minimum absolute atomic E-state index is 0.00367. The predicted molar refractivity (Wildman–Crippen MR) is 71.2 cm³/mol. The second kappa shape index (κ2) is 5.38. The van der Waals surface area contributed by atoms with Gasteiger partial charge in [0, 0.05) is 17.7 Å². The third kappa shape index (κ3) is 3.37. The van der Waals surface area contributed by atoms with E-state index in [1.54, 1.807) is 0 Å². The highest BCUT2D eigenvalue weighted by Crippen LogP contribution is 2.28. The van der Waals surface area contributed by atoms with Gasteiger partial charge in [-0.25, -0.2) is 4.98 Å². The molecular formula is C11H17BrN2OS. The molecule has 0 aliphatic rings. The van der Waals surface area contributed by atoms with Gasteiger partial charge < -0.3 is 9.72 Å². The monoisotopic (exact) mass is 304 g/mol. The summed E-state index contributed by atoms with van der Waals surface area (Å²) in [6.07, 6.45) is 0. The molecule has 0 saturated carbocycles. The lowest BCUT2D eigenvalue weighted by molar-refractivity contribution is 0.127. The highest BCUT2D eigenvalue weighted by Gasteiger charge is 2.19. The Kier molecular flexibility index (Phi) is 4.64. The first-order valence-electron chi connectivity index (χ1n) is 5.23. The summed E-state index contributed by atoms with van der Waals surface area (Å²) in [5, 5.41) is 0. The van der Waals surface area contributed by atoms with Crippen molar-refractivity contribution in [2.45, 2.75) is 39.7 Å². The Morgan fingerprint density at radius 2 is 2.06 bits per heavy atom. The molecule has 16 heavy (non-hydrogen) atoms. The fourth-order valence-electron chi connectivity index (χ4n) is 1.29. The Hall–Kier alpha value is -0.260. The maximum atomic E-state index is 5.33. The molecule has 0 amide bonds. The zero-order valence-corrected chi connectivity index (χ0v) is 12.5. The lowest BCUT2D eigenvalue weighted by Crippen LogP contribution is -2.17. The fourth-order valence-corrected chi connectivity index (χ4v) is 2.28. The van der Waals surface area contributed by atoms with Crippen molar-refractivity contribution in [1.82, 2.24) is 9.97 Å². The van der Waals surface area contributed by atoms with Crippen LogP contribution in [-0.2, 0) is 16.8 Å². The van der Waals surface area contributed by atoms with Gasteiger partial charge in [-0.15, -0.1) is 0 Å². The van der Waals surface area contributed by atoms with E-state index < -0.39 is 0 Å². The molecule has 1 aromatic heterocycles. The van der Waals surface area contributed by atoms with Crippen molar-refractivity contribution in [2.75, 3.05) is 6.61 Å². The van der Waals surface area contributed by atoms with E-state index in [-0.39, 0.29) is 5.41 Å². The van der Waals surface area contributed by atoms with Gasteiger partial charge in [0.2, 0.25) is 0 Å². The summed E-state index contributed by atoms with van der Waals surface area (Å²) in [6, 6.07) is 0. The van der Waals surface area contributed by atoms with Crippen LogP contribution in [0.25, 0.3) is 0 Å². The van der Waals surface area contributed by atoms with Gasteiger partial charge in [-0.3, -0.25) is 0 Å². The fraction of sp³-hybridized carbons (Fsp3) is 0.636. The van der Waals surface area contributed by atoms with Crippen molar-refractivity contribution in [2.24, 2.45) is 0 Å². The van der Waals surface area contributed by atoms with Gasteiger partial charge >= 0.3 is 0 Å². The van der Waals surface area contributed by atoms with Crippen LogP contribution in [0.4, 0.5) is 0 Å². The summed E-state index contributed by atoms with van der Waals surface area (Å²) in [7, 11) is 0. The number of H-pyrrole nitrogens is 1. The first kappa shape index (κ1) is 13.8. The Morgan fingerprint density at radius 3 is 2.56 bits per heavy atom. The third-order valence-corrected chi connectivity index (χ3v) is 3.44. The Bertz CT molecular complexity index is 423. The molecule has 5 heteroatoms. The van der Waals surface area contributed by atoms with Crippen LogP contribution in [0.5, 0.6) is 0 Å². The van der Waals surface area contributed by atoms with E-state index >= 15 is 0 Å². The average Bonchev–Trinajstić information content (AvgIpc) is 2.17. The van der Waals surface area contributed by atoms with Gasteiger partial charge in [-0.1, -0.05) is 33.0 Å². The number of aromatic nitrogens is 2. The topological polar surface area (TPSA) is 37.9 Å². The van der Waals surface area contributed by atoms with Crippen molar-refractivity contribution >= 4 is 28.1 Å². The molecule has 0 bridgehead atoms. The molecule has 0 spiro atoms. The molecule has 0 aliphatic heterocycles.